The summed E-state index contributed by atoms with van der Waals surface area (Å²) in [5.74, 6) is 1.44. The second kappa shape index (κ2) is 9.88. The lowest BCUT2D eigenvalue weighted by Crippen LogP contribution is -2.46. The van der Waals surface area contributed by atoms with Crippen LogP contribution in [0.3, 0.4) is 0 Å². The summed E-state index contributed by atoms with van der Waals surface area (Å²) in [5.41, 5.74) is 3.90. The molecule has 10 heteroatoms. The number of nitrogens with one attached hydrogen (secondary N) is 2. The van der Waals surface area contributed by atoms with E-state index in [2.05, 4.69) is 35.7 Å². The van der Waals surface area contributed by atoms with Crippen molar-refractivity contribution in [1.29, 1.82) is 0 Å². The lowest BCUT2D eigenvalue weighted by Gasteiger charge is -2.39. The Morgan fingerprint density at radius 3 is 2.57 bits per heavy atom. The Balaban J connectivity index is 1.28. The van der Waals surface area contributed by atoms with Crippen molar-refractivity contribution in [3.05, 3.63) is 48.5 Å². The fourth-order valence-corrected chi connectivity index (χ4v) is 5.83. The van der Waals surface area contributed by atoms with Gasteiger partial charge in [-0.2, -0.15) is 9.36 Å². The number of rotatable bonds is 6. The summed E-state index contributed by atoms with van der Waals surface area (Å²) >= 11 is 1.42. The molecular weight excluding hydrogens is 460 g/mol. The summed E-state index contributed by atoms with van der Waals surface area (Å²) in [4.78, 5) is 16.5. The number of hydrogen-bond donors (Lipinski definition) is 2. The van der Waals surface area contributed by atoms with E-state index in [0.29, 0.717) is 18.0 Å². The van der Waals surface area contributed by atoms with Gasteiger partial charge in [-0.15, -0.1) is 0 Å². The van der Waals surface area contributed by atoms with E-state index in [9.17, 15) is 0 Å². The molecule has 2 aliphatic rings. The summed E-state index contributed by atoms with van der Waals surface area (Å²) in [6.07, 6.45) is 10.3. The molecule has 0 unspecified atom stereocenters. The van der Waals surface area contributed by atoms with E-state index in [0.717, 1.165) is 72.4 Å². The summed E-state index contributed by atoms with van der Waals surface area (Å²) in [5, 5.41) is 8.08. The molecule has 9 nitrogen and oxygen atoms in total. The number of anilines is 3. The van der Waals surface area contributed by atoms with Crippen LogP contribution >= 0.6 is 11.5 Å². The molecule has 0 radical (unpaired) electrons. The second-order valence-corrected chi connectivity index (χ2v) is 10.1. The van der Waals surface area contributed by atoms with Crippen LogP contribution < -0.4 is 10.6 Å². The molecule has 0 spiro atoms. The SMILES string of the molecule is Cc1cc(Nc2nc(N[C@H]3CC[C@H](N4CCOCC4)CC3)c3c(ccn3-c3ccncc3)n2)sn1. The number of hydrogen-bond acceptors (Lipinski definition) is 9. The number of morpholine rings is 1. The maximum absolute atomic E-state index is 5.54. The molecule has 35 heavy (non-hydrogen) atoms. The van der Waals surface area contributed by atoms with E-state index >= 15 is 0 Å². The fourth-order valence-electron chi connectivity index (χ4n) is 5.18. The first-order valence-corrected chi connectivity index (χ1v) is 13.1. The van der Waals surface area contributed by atoms with E-state index < -0.39 is 0 Å². The van der Waals surface area contributed by atoms with E-state index in [4.69, 9.17) is 14.7 Å². The quantitative estimate of drug-likeness (QED) is 0.411. The summed E-state index contributed by atoms with van der Waals surface area (Å²) in [6.45, 7) is 5.82. The van der Waals surface area contributed by atoms with Gasteiger partial charge in [0.05, 0.1) is 24.4 Å². The van der Waals surface area contributed by atoms with Crippen molar-refractivity contribution in [2.24, 2.45) is 0 Å². The highest BCUT2D eigenvalue weighted by molar-refractivity contribution is 7.10. The molecule has 2 fully saturated rings. The van der Waals surface area contributed by atoms with E-state index in [1.165, 1.54) is 24.4 Å². The first-order chi connectivity index (χ1) is 17.2. The maximum atomic E-state index is 5.54. The van der Waals surface area contributed by atoms with Gasteiger partial charge in [0.1, 0.15) is 10.5 Å². The first kappa shape index (κ1) is 22.4. The van der Waals surface area contributed by atoms with Crippen LogP contribution in [0.2, 0.25) is 0 Å². The molecule has 182 valence electrons. The summed E-state index contributed by atoms with van der Waals surface area (Å²) < 4.78 is 12.0. The van der Waals surface area contributed by atoms with E-state index in [1.807, 2.05) is 43.6 Å². The minimum atomic E-state index is 0.379. The number of nitrogens with zero attached hydrogens (tertiary/aromatic N) is 6. The molecule has 1 aliphatic heterocycles. The molecule has 1 saturated heterocycles. The Morgan fingerprint density at radius 2 is 1.83 bits per heavy atom. The number of aromatic nitrogens is 5. The van der Waals surface area contributed by atoms with Crippen molar-refractivity contribution in [2.45, 2.75) is 44.7 Å². The van der Waals surface area contributed by atoms with Crippen molar-refractivity contribution in [3.63, 3.8) is 0 Å². The Hall–Kier alpha value is -3.08. The predicted molar refractivity (Wildman–Crippen MR) is 139 cm³/mol. The minimum absolute atomic E-state index is 0.379. The van der Waals surface area contributed by atoms with Gasteiger partial charge in [-0.05, 0) is 68.4 Å². The van der Waals surface area contributed by atoms with Gasteiger partial charge in [0.15, 0.2) is 5.82 Å². The zero-order chi connectivity index (χ0) is 23.6. The summed E-state index contributed by atoms with van der Waals surface area (Å²) in [7, 11) is 0. The lowest BCUT2D eigenvalue weighted by molar-refractivity contribution is 0.00791. The number of pyridine rings is 1. The average molecular weight is 491 g/mol. The highest BCUT2D eigenvalue weighted by Gasteiger charge is 2.28. The molecule has 6 rings (SSSR count). The maximum Gasteiger partial charge on any atom is 0.230 e. The first-order valence-electron chi connectivity index (χ1n) is 12.3. The molecule has 0 atom stereocenters. The van der Waals surface area contributed by atoms with Crippen LogP contribution in [0.25, 0.3) is 16.7 Å². The van der Waals surface area contributed by atoms with Crippen molar-refractivity contribution < 1.29 is 4.74 Å². The van der Waals surface area contributed by atoms with Gasteiger partial charge in [0, 0.05) is 49.5 Å². The predicted octanol–water partition coefficient (Wildman–Crippen LogP) is 4.38. The fraction of sp³-hybridized carbons (Fsp3) is 0.440. The average Bonchev–Trinajstić information content (AvgIpc) is 3.51. The van der Waals surface area contributed by atoms with Crippen molar-refractivity contribution in [1.82, 2.24) is 28.8 Å². The highest BCUT2D eigenvalue weighted by Crippen LogP contribution is 2.31. The van der Waals surface area contributed by atoms with Gasteiger partial charge in [-0.25, -0.2) is 4.98 Å². The number of aryl methyl sites for hydroxylation is 1. The smallest absolute Gasteiger partial charge is 0.230 e. The van der Waals surface area contributed by atoms with Crippen molar-refractivity contribution in [2.75, 3.05) is 36.9 Å². The second-order valence-electron chi connectivity index (χ2n) is 9.28. The summed E-state index contributed by atoms with van der Waals surface area (Å²) in [6, 6.07) is 9.10. The molecule has 4 aromatic heterocycles. The minimum Gasteiger partial charge on any atom is -0.379 e. The van der Waals surface area contributed by atoms with Gasteiger partial charge in [0.2, 0.25) is 5.95 Å². The zero-order valence-corrected chi connectivity index (χ0v) is 20.7. The van der Waals surface area contributed by atoms with Gasteiger partial charge in [-0.1, -0.05) is 0 Å². The molecule has 1 aliphatic carbocycles. The van der Waals surface area contributed by atoms with Crippen LogP contribution in [0.4, 0.5) is 16.8 Å². The standard InChI is InChI=1S/C25H30N8OS/c1-17-16-22(35-31-17)29-25-28-21-8-11-33(20-6-9-26-10-7-20)23(21)24(30-25)27-18-2-4-19(5-3-18)32-12-14-34-15-13-32/h6-11,16,18-19H,2-5,12-15H2,1H3,(H2,27,28,29,30)/t18-,19-. The third kappa shape index (κ3) is 4.86. The lowest BCUT2D eigenvalue weighted by atomic mass is 9.90. The van der Waals surface area contributed by atoms with Crippen molar-refractivity contribution >= 4 is 39.3 Å². The van der Waals surface area contributed by atoms with Crippen LogP contribution in [-0.4, -0.2) is 67.2 Å². The third-order valence-corrected chi connectivity index (χ3v) is 7.73. The largest absolute Gasteiger partial charge is 0.379 e. The number of ether oxygens (including phenoxy) is 1. The molecule has 5 heterocycles. The molecule has 1 saturated carbocycles. The van der Waals surface area contributed by atoms with Crippen LogP contribution in [0, 0.1) is 6.92 Å². The Kier molecular flexibility index (Phi) is 6.32. The molecule has 0 bridgehead atoms. The Labute approximate surface area is 208 Å². The van der Waals surface area contributed by atoms with E-state index in [1.54, 1.807) is 0 Å². The van der Waals surface area contributed by atoms with Crippen molar-refractivity contribution in [3.8, 4) is 5.69 Å². The van der Waals surface area contributed by atoms with Gasteiger partial charge < -0.3 is 19.9 Å². The van der Waals surface area contributed by atoms with Crippen LogP contribution in [-0.2, 0) is 4.74 Å². The third-order valence-electron chi connectivity index (χ3n) is 6.94. The van der Waals surface area contributed by atoms with Crippen LogP contribution in [0.5, 0.6) is 0 Å². The van der Waals surface area contributed by atoms with E-state index in [-0.39, 0.29) is 0 Å². The van der Waals surface area contributed by atoms with Gasteiger partial charge >= 0.3 is 0 Å². The van der Waals surface area contributed by atoms with Gasteiger partial charge in [-0.3, -0.25) is 9.88 Å². The van der Waals surface area contributed by atoms with Crippen LogP contribution in [0.15, 0.2) is 42.9 Å². The normalized spacial score (nSPS) is 21.3. The Bertz CT molecular complexity index is 1280. The molecule has 0 aromatic carbocycles. The monoisotopic (exact) mass is 490 g/mol. The Morgan fingerprint density at radius 1 is 1.03 bits per heavy atom. The topological polar surface area (TPSA) is 93.0 Å². The molecule has 4 aromatic rings. The molecular formula is C25H30N8OS. The highest BCUT2D eigenvalue weighted by atomic mass is 32.1. The zero-order valence-electron chi connectivity index (χ0n) is 19.9. The van der Waals surface area contributed by atoms with Gasteiger partial charge in [0.25, 0.3) is 0 Å². The molecule has 2 N–H and O–H groups in total. The van der Waals surface area contributed by atoms with Crippen LogP contribution in [0.1, 0.15) is 31.4 Å². The molecule has 0 amide bonds. The number of fused-ring (bicyclic) bond motifs is 1.